The van der Waals surface area contributed by atoms with Crippen LogP contribution in [-0.4, -0.2) is 10.6 Å². The number of hydrogen-bond donors (Lipinski definition) is 1. The third-order valence-corrected chi connectivity index (χ3v) is 5.71. The summed E-state index contributed by atoms with van der Waals surface area (Å²) in [6, 6.07) is 12.3. The molecule has 102 valence electrons. The van der Waals surface area contributed by atoms with Gasteiger partial charge in [-0.15, -0.1) is 15.9 Å². The Kier molecular flexibility index (Phi) is 3.33. The fourth-order valence-electron chi connectivity index (χ4n) is 2.54. The minimum atomic E-state index is 0. The Morgan fingerprint density at radius 1 is 1.10 bits per heavy atom. The van der Waals surface area contributed by atoms with Gasteiger partial charge in [-0.2, -0.15) is 0 Å². The van der Waals surface area contributed by atoms with Gasteiger partial charge in [0.15, 0.2) is 11.4 Å². The first-order valence-corrected chi connectivity index (χ1v) is 7.92. The maximum atomic E-state index is 10.5. The molecule has 0 aliphatic carbocycles. The SMILES string of the molecule is Oc1c(-c2ccccc2)sc2[n+]1CCc1sccc1-2.[OH-]. The van der Waals surface area contributed by atoms with E-state index in [1.165, 1.54) is 15.4 Å². The van der Waals surface area contributed by atoms with Crippen LogP contribution >= 0.6 is 22.7 Å². The van der Waals surface area contributed by atoms with E-state index in [2.05, 4.69) is 11.4 Å². The van der Waals surface area contributed by atoms with Gasteiger partial charge in [0.1, 0.15) is 0 Å². The molecule has 0 atom stereocenters. The maximum absolute atomic E-state index is 10.5. The third-order valence-electron chi connectivity index (χ3n) is 3.48. The van der Waals surface area contributed by atoms with Gasteiger partial charge in [0.05, 0.1) is 5.56 Å². The summed E-state index contributed by atoms with van der Waals surface area (Å²) in [5, 5.41) is 13.8. The quantitative estimate of drug-likeness (QED) is 0.699. The fourth-order valence-corrected chi connectivity index (χ4v) is 4.71. The summed E-state index contributed by atoms with van der Waals surface area (Å²) in [6.45, 7) is 0.873. The van der Waals surface area contributed by atoms with Crippen molar-refractivity contribution in [2.24, 2.45) is 0 Å². The number of aromatic hydroxyl groups is 1. The second kappa shape index (κ2) is 5.01. The lowest BCUT2D eigenvalue weighted by molar-refractivity contribution is -0.688. The number of aromatic nitrogens is 1. The number of rotatable bonds is 1. The highest BCUT2D eigenvalue weighted by molar-refractivity contribution is 7.18. The van der Waals surface area contributed by atoms with E-state index in [0.717, 1.165) is 23.4 Å². The van der Waals surface area contributed by atoms with Crippen molar-refractivity contribution < 1.29 is 15.1 Å². The number of thiophene rings is 1. The smallest absolute Gasteiger partial charge is 0.385 e. The van der Waals surface area contributed by atoms with E-state index in [1.807, 2.05) is 46.2 Å². The Morgan fingerprint density at radius 2 is 1.90 bits per heavy atom. The van der Waals surface area contributed by atoms with Crippen LogP contribution < -0.4 is 4.57 Å². The summed E-state index contributed by atoms with van der Waals surface area (Å²) < 4.78 is 2.04. The standard InChI is InChI=1S/C15H11NOS2.H2O/c17-14-13(10-4-2-1-3-5-10)19-15-11-7-9-18-12(11)6-8-16(14)15;/h1-5,7,9H,6,8H2;1H2. The largest absolute Gasteiger partial charge is 0.870 e. The molecule has 2 aromatic heterocycles. The van der Waals surface area contributed by atoms with Gasteiger partial charge in [-0.25, -0.2) is 0 Å². The van der Waals surface area contributed by atoms with Gasteiger partial charge < -0.3 is 10.6 Å². The van der Waals surface area contributed by atoms with Crippen molar-refractivity contribution in [3.8, 4) is 26.9 Å². The number of hydrogen-bond acceptors (Lipinski definition) is 4. The molecule has 3 aromatic rings. The van der Waals surface area contributed by atoms with Crippen LogP contribution in [-0.2, 0) is 13.0 Å². The average molecular weight is 303 g/mol. The molecule has 0 spiro atoms. The molecule has 3 heterocycles. The number of fused-ring (bicyclic) bond motifs is 3. The molecule has 1 aliphatic rings. The van der Waals surface area contributed by atoms with E-state index in [0.29, 0.717) is 5.88 Å². The van der Waals surface area contributed by atoms with E-state index in [9.17, 15) is 5.11 Å². The topological polar surface area (TPSA) is 54.1 Å². The molecule has 0 saturated heterocycles. The highest BCUT2D eigenvalue weighted by atomic mass is 32.1. The van der Waals surface area contributed by atoms with Crippen molar-refractivity contribution in [2.75, 3.05) is 0 Å². The molecule has 1 aromatic carbocycles. The summed E-state index contributed by atoms with van der Waals surface area (Å²) >= 11 is 3.49. The lowest BCUT2D eigenvalue weighted by Crippen LogP contribution is -2.37. The van der Waals surface area contributed by atoms with Gasteiger partial charge in [-0.1, -0.05) is 41.7 Å². The van der Waals surface area contributed by atoms with Crippen LogP contribution in [0.1, 0.15) is 4.88 Å². The number of benzene rings is 1. The molecule has 20 heavy (non-hydrogen) atoms. The molecular formula is C15H13NO2S2. The average Bonchev–Trinajstić information content (AvgIpc) is 3.04. The summed E-state index contributed by atoms with van der Waals surface area (Å²) in [4.78, 5) is 2.40. The lowest BCUT2D eigenvalue weighted by Gasteiger charge is -2.05. The van der Waals surface area contributed by atoms with E-state index >= 15 is 0 Å². The van der Waals surface area contributed by atoms with Gasteiger partial charge >= 0.3 is 5.88 Å². The summed E-state index contributed by atoms with van der Waals surface area (Å²) in [6.07, 6.45) is 1.02. The second-order valence-corrected chi connectivity index (χ2v) is 6.58. The van der Waals surface area contributed by atoms with Crippen molar-refractivity contribution in [1.82, 2.24) is 0 Å². The Labute approximate surface area is 124 Å². The zero-order valence-corrected chi connectivity index (χ0v) is 12.2. The van der Waals surface area contributed by atoms with Crippen molar-refractivity contribution in [3.63, 3.8) is 0 Å². The Morgan fingerprint density at radius 3 is 2.70 bits per heavy atom. The molecule has 0 radical (unpaired) electrons. The number of thiazole rings is 1. The highest BCUT2D eigenvalue weighted by Gasteiger charge is 2.33. The molecule has 0 bridgehead atoms. The van der Waals surface area contributed by atoms with E-state index in [4.69, 9.17) is 0 Å². The first kappa shape index (κ1) is 13.3. The first-order valence-electron chi connectivity index (χ1n) is 6.22. The van der Waals surface area contributed by atoms with Crippen molar-refractivity contribution in [2.45, 2.75) is 13.0 Å². The Balaban J connectivity index is 0.00000121. The monoisotopic (exact) mass is 303 g/mol. The number of nitrogens with zero attached hydrogens (tertiary/aromatic N) is 1. The van der Waals surface area contributed by atoms with Crippen molar-refractivity contribution >= 4 is 22.7 Å². The molecule has 3 nitrogen and oxygen atoms in total. The van der Waals surface area contributed by atoms with Crippen LogP contribution in [0, 0.1) is 0 Å². The highest BCUT2D eigenvalue weighted by Crippen LogP contribution is 2.41. The number of aryl methyl sites for hydroxylation is 1. The van der Waals surface area contributed by atoms with Crippen molar-refractivity contribution in [3.05, 3.63) is 46.7 Å². The maximum Gasteiger partial charge on any atom is 0.385 e. The van der Waals surface area contributed by atoms with Gasteiger partial charge in [0.2, 0.25) is 0 Å². The van der Waals surface area contributed by atoms with E-state index < -0.39 is 0 Å². The van der Waals surface area contributed by atoms with Gasteiger partial charge in [0.25, 0.3) is 5.01 Å². The molecule has 5 heteroatoms. The molecule has 0 unspecified atom stereocenters. The van der Waals surface area contributed by atoms with Crippen LogP contribution in [0.3, 0.4) is 0 Å². The predicted octanol–water partition coefficient (Wildman–Crippen LogP) is 3.52. The van der Waals surface area contributed by atoms with Crippen LogP contribution in [0.2, 0.25) is 0 Å². The van der Waals surface area contributed by atoms with Gasteiger partial charge in [0, 0.05) is 16.9 Å². The molecule has 0 fully saturated rings. The van der Waals surface area contributed by atoms with Gasteiger partial charge in [-0.3, -0.25) is 0 Å². The Hall–Kier alpha value is -1.69. The molecule has 1 aliphatic heterocycles. The van der Waals surface area contributed by atoms with Crippen molar-refractivity contribution in [1.29, 1.82) is 0 Å². The predicted molar refractivity (Wildman–Crippen MR) is 80.6 cm³/mol. The summed E-state index contributed by atoms with van der Waals surface area (Å²) in [5.74, 6) is 0.406. The normalized spacial score (nSPS) is 12.4. The van der Waals surface area contributed by atoms with Crippen LogP contribution in [0.25, 0.3) is 21.0 Å². The third kappa shape index (κ3) is 1.86. The van der Waals surface area contributed by atoms with Crippen LogP contribution in [0.4, 0.5) is 0 Å². The lowest BCUT2D eigenvalue weighted by atomic mass is 10.1. The molecule has 0 saturated carbocycles. The fraction of sp³-hybridized carbons (Fsp3) is 0.133. The van der Waals surface area contributed by atoms with Crippen LogP contribution in [0.5, 0.6) is 5.88 Å². The second-order valence-electron chi connectivity index (χ2n) is 4.59. The molecule has 4 rings (SSSR count). The Bertz CT molecular complexity index is 747. The van der Waals surface area contributed by atoms with Crippen LogP contribution in [0.15, 0.2) is 41.8 Å². The zero-order chi connectivity index (χ0) is 12.8. The molecule has 2 N–H and O–H groups in total. The minimum absolute atomic E-state index is 0. The van der Waals surface area contributed by atoms with Gasteiger partial charge in [-0.05, 0) is 11.4 Å². The first-order chi connectivity index (χ1) is 9.34. The summed E-state index contributed by atoms with van der Waals surface area (Å²) in [5.41, 5.74) is 2.38. The molecular weight excluding hydrogens is 290 g/mol. The van der Waals surface area contributed by atoms with E-state index in [1.54, 1.807) is 11.3 Å². The molecule has 0 amide bonds. The van der Waals surface area contributed by atoms with E-state index in [-0.39, 0.29) is 5.48 Å². The summed E-state index contributed by atoms with van der Waals surface area (Å²) in [7, 11) is 0. The zero-order valence-electron chi connectivity index (χ0n) is 10.6. The minimum Gasteiger partial charge on any atom is -0.870 e.